The van der Waals surface area contributed by atoms with Crippen LogP contribution in [0.25, 0.3) is 0 Å². The number of hydrogen-bond acceptors (Lipinski definition) is 2. The van der Waals surface area contributed by atoms with Gasteiger partial charge in [-0.15, -0.1) is 0 Å². The van der Waals surface area contributed by atoms with Crippen LogP contribution in [0.2, 0.25) is 0 Å². The summed E-state index contributed by atoms with van der Waals surface area (Å²) >= 11 is 5.39. The van der Waals surface area contributed by atoms with E-state index in [9.17, 15) is 0 Å². The molecule has 0 aliphatic carbocycles. The fourth-order valence-corrected chi connectivity index (χ4v) is 2.39. The summed E-state index contributed by atoms with van der Waals surface area (Å²) in [6.45, 7) is 3.21. The number of hydrogen-bond donors (Lipinski definition) is 1. The minimum absolute atomic E-state index is 1.07. The van der Waals surface area contributed by atoms with Gasteiger partial charge in [-0.25, -0.2) is 0 Å². The maximum atomic E-state index is 3.47. The summed E-state index contributed by atoms with van der Waals surface area (Å²) in [4.78, 5) is 0. The maximum Gasteiger partial charge on any atom is 0.0370 e. The van der Waals surface area contributed by atoms with Crippen LogP contribution in [0.15, 0.2) is 22.7 Å². The van der Waals surface area contributed by atoms with Gasteiger partial charge in [0, 0.05) is 16.7 Å². The van der Waals surface area contributed by atoms with Crippen molar-refractivity contribution in [2.24, 2.45) is 0 Å². The largest absolute Gasteiger partial charge is 0.385 e. The van der Waals surface area contributed by atoms with Crippen molar-refractivity contribution in [2.75, 3.05) is 23.9 Å². The lowest BCUT2D eigenvalue weighted by Crippen LogP contribution is -2.03. The maximum absolute atomic E-state index is 3.47. The summed E-state index contributed by atoms with van der Waals surface area (Å²) in [5, 5.41) is 3.47. The molecule has 1 rings (SSSR count). The molecule has 0 saturated carbocycles. The molecule has 1 aromatic carbocycles. The number of anilines is 1. The molecule has 0 aliphatic rings. The zero-order chi connectivity index (χ0) is 11.1. The van der Waals surface area contributed by atoms with Crippen LogP contribution in [0.3, 0.4) is 0 Å². The van der Waals surface area contributed by atoms with E-state index in [1.165, 1.54) is 29.8 Å². The van der Waals surface area contributed by atoms with Crippen molar-refractivity contribution in [2.45, 2.75) is 19.8 Å². The van der Waals surface area contributed by atoms with Crippen molar-refractivity contribution < 1.29 is 0 Å². The molecule has 0 spiro atoms. The molecule has 1 aromatic rings. The molecule has 84 valence electrons. The minimum atomic E-state index is 1.07. The van der Waals surface area contributed by atoms with Gasteiger partial charge in [0.25, 0.3) is 0 Å². The van der Waals surface area contributed by atoms with Crippen molar-refractivity contribution in [1.29, 1.82) is 0 Å². The Labute approximate surface area is 105 Å². The first-order chi connectivity index (χ1) is 7.24. The SMILES string of the molecule is CSCCCCNc1ccc(Br)cc1C. The Kier molecular flexibility index (Phi) is 6.18. The predicted octanol–water partition coefficient (Wildman–Crippen LogP) is 4.31. The van der Waals surface area contributed by atoms with E-state index < -0.39 is 0 Å². The van der Waals surface area contributed by atoms with Crippen molar-refractivity contribution in [3.05, 3.63) is 28.2 Å². The smallest absolute Gasteiger partial charge is 0.0370 e. The number of halogens is 1. The van der Waals surface area contributed by atoms with Crippen LogP contribution in [-0.4, -0.2) is 18.6 Å². The van der Waals surface area contributed by atoms with Gasteiger partial charge < -0.3 is 5.32 Å². The minimum Gasteiger partial charge on any atom is -0.385 e. The zero-order valence-corrected chi connectivity index (χ0v) is 11.7. The van der Waals surface area contributed by atoms with Gasteiger partial charge in [0.05, 0.1) is 0 Å². The molecule has 0 bridgehead atoms. The van der Waals surface area contributed by atoms with E-state index in [0.29, 0.717) is 0 Å². The van der Waals surface area contributed by atoms with E-state index in [-0.39, 0.29) is 0 Å². The Morgan fingerprint density at radius 1 is 1.33 bits per heavy atom. The highest BCUT2D eigenvalue weighted by molar-refractivity contribution is 9.10. The number of benzene rings is 1. The van der Waals surface area contributed by atoms with E-state index in [2.05, 4.69) is 52.6 Å². The highest BCUT2D eigenvalue weighted by Crippen LogP contribution is 2.19. The lowest BCUT2D eigenvalue weighted by atomic mass is 10.2. The molecule has 0 unspecified atom stereocenters. The Bertz CT molecular complexity index is 302. The molecule has 0 heterocycles. The molecule has 0 aliphatic heterocycles. The Morgan fingerprint density at radius 2 is 2.13 bits per heavy atom. The Hall–Kier alpha value is -0.150. The molecule has 0 aromatic heterocycles. The number of rotatable bonds is 6. The van der Waals surface area contributed by atoms with E-state index >= 15 is 0 Å². The van der Waals surface area contributed by atoms with Gasteiger partial charge in [-0.05, 0) is 55.5 Å². The fraction of sp³-hybridized carbons (Fsp3) is 0.500. The highest BCUT2D eigenvalue weighted by atomic mass is 79.9. The second-order valence-corrected chi connectivity index (χ2v) is 5.49. The predicted molar refractivity (Wildman–Crippen MR) is 75.0 cm³/mol. The second-order valence-electron chi connectivity index (χ2n) is 3.59. The standard InChI is InChI=1S/C12H18BrNS/c1-10-9-11(13)5-6-12(10)14-7-3-4-8-15-2/h5-6,9,14H,3-4,7-8H2,1-2H3. The van der Waals surface area contributed by atoms with Crippen LogP contribution < -0.4 is 5.32 Å². The first-order valence-corrected chi connectivity index (χ1v) is 7.41. The molecule has 0 amide bonds. The summed E-state index contributed by atoms with van der Waals surface area (Å²) in [5.41, 5.74) is 2.55. The molecule has 1 N–H and O–H groups in total. The summed E-state index contributed by atoms with van der Waals surface area (Å²) in [7, 11) is 0. The van der Waals surface area contributed by atoms with E-state index in [4.69, 9.17) is 0 Å². The topological polar surface area (TPSA) is 12.0 Å². The average Bonchev–Trinajstić information content (AvgIpc) is 2.20. The van der Waals surface area contributed by atoms with Crippen molar-refractivity contribution >= 4 is 33.4 Å². The number of thioether (sulfide) groups is 1. The van der Waals surface area contributed by atoms with Gasteiger partial charge in [0.1, 0.15) is 0 Å². The summed E-state index contributed by atoms with van der Waals surface area (Å²) < 4.78 is 1.15. The lowest BCUT2D eigenvalue weighted by Gasteiger charge is -2.09. The molecule has 3 heteroatoms. The van der Waals surface area contributed by atoms with E-state index in [0.717, 1.165) is 11.0 Å². The van der Waals surface area contributed by atoms with Gasteiger partial charge in [0.15, 0.2) is 0 Å². The molecule has 0 fully saturated rings. The normalized spacial score (nSPS) is 10.3. The quantitative estimate of drug-likeness (QED) is 0.783. The average molecular weight is 288 g/mol. The van der Waals surface area contributed by atoms with Crippen LogP contribution in [0.1, 0.15) is 18.4 Å². The Morgan fingerprint density at radius 3 is 2.80 bits per heavy atom. The Balaban J connectivity index is 2.31. The third kappa shape index (κ3) is 4.94. The number of unbranched alkanes of at least 4 members (excludes halogenated alkanes) is 1. The third-order valence-corrected chi connectivity index (χ3v) is 3.47. The van der Waals surface area contributed by atoms with Crippen molar-refractivity contribution in [1.82, 2.24) is 0 Å². The van der Waals surface area contributed by atoms with Crippen molar-refractivity contribution in [3.63, 3.8) is 0 Å². The molecular weight excluding hydrogens is 270 g/mol. The number of nitrogens with one attached hydrogen (secondary N) is 1. The third-order valence-electron chi connectivity index (χ3n) is 2.28. The molecule has 0 radical (unpaired) electrons. The second kappa shape index (κ2) is 7.18. The molecular formula is C12H18BrNS. The van der Waals surface area contributed by atoms with Crippen LogP contribution >= 0.6 is 27.7 Å². The first kappa shape index (κ1) is 12.9. The monoisotopic (exact) mass is 287 g/mol. The molecule has 1 nitrogen and oxygen atoms in total. The van der Waals surface area contributed by atoms with Crippen LogP contribution in [-0.2, 0) is 0 Å². The zero-order valence-electron chi connectivity index (χ0n) is 9.35. The number of aryl methyl sites for hydroxylation is 1. The molecule has 15 heavy (non-hydrogen) atoms. The fourth-order valence-electron chi connectivity index (χ4n) is 1.42. The van der Waals surface area contributed by atoms with Crippen LogP contribution in [0.5, 0.6) is 0 Å². The van der Waals surface area contributed by atoms with Gasteiger partial charge >= 0.3 is 0 Å². The van der Waals surface area contributed by atoms with Gasteiger partial charge in [0.2, 0.25) is 0 Å². The van der Waals surface area contributed by atoms with Gasteiger partial charge in [-0.3, -0.25) is 0 Å². The van der Waals surface area contributed by atoms with E-state index in [1.807, 2.05) is 11.8 Å². The van der Waals surface area contributed by atoms with Gasteiger partial charge in [-0.2, -0.15) is 11.8 Å². The lowest BCUT2D eigenvalue weighted by molar-refractivity contribution is 0.842. The molecule has 0 atom stereocenters. The van der Waals surface area contributed by atoms with Crippen LogP contribution in [0, 0.1) is 6.92 Å². The highest BCUT2D eigenvalue weighted by Gasteiger charge is 1.97. The van der Waals surface area contributed by atoms with Crippen LogP contribution in [0.4, 0.5) is 5.69 Å². The summed E-state index contributed by atoms with van der Waals surface area (Å²) in [6.07, 6.45) is 4.70. The first-order valence-electron chi connectivity index (χ1n) is 5.23. The summed E-state index contributed by atoms with van der Waals surface area (Å²) in [5.74, 6) is 1.26. The van der Waals surface area contributed by atoms with Gasteiger partial charge in [-0.1, -0.05) is 15.9 Å². The van der Waals surface area contributed by atoms with E-state index in [1.54, 1.807) is 0 Å². The summed E-state index contributed by atoms with van der Waals surface area (Å²) in [6, 6.07) is 6.36. The van der Waals surface area contributed by atoms with Crippen molar-refractivity contribution in [3.8, 4) is 0 Å². The molecule has 0 saturated heterocycles.